The van der Waals surface area contributed by atoms with Crippen molar-refractivity contribution in [1.29, 1.82) is 0 Å². The molecule has 1 unspecified atom stereocenters. The molecule has 128 valence electrons. The molecule has 0 bridgehead atoms. The first kappa shape index (κ1) is 16.4. The first-order chi connectivity index (χ1) is 10.8. The molecule has 1 atom stereocenters. The third-order valence-electron chi connectivity index (χ3n) is 5.07. The third kappa shape index (κ3) is 3.58. The maximum atomic E-state index is 12.4. The summed E-state index contributed by atoms with van der Waals surface area (Å²) in [6, 6.07) is 1.78. The molecule has 3 rings (SSSR count). The molecule has 2 fully saturated rings. The Morgan fingerprint density at radius 3 is 2.43 bits per heavy atom. The molecule has 3 heterocycles. The number of carbonyl (C=O) groups is 1. The summed E-state index contributed by atoms with van der Waals surface area (Å²) in [5.74, 6) is 0.970. The molecular weight excluding hydrogens is 316 g/mol. The molecule has 23 heavy (non-hydrogen) atoms. The number of sulfonamides is 1. The van der Waals surface area contributed by atoms with Crippen LogP contribution in [0.25, 0.3) is 0 Å². The Balaban J connectivity index is 1.55. The van der Waals surface area contributed by atoms with E-state index in [0.717, 1.165) is 38.0 Å². The van der Waals surface area contributed by atoms with E-state index in [4.69, 9.17) is 0 Å². The minimum atomic E-state index is -3.07. The van der Waals surface area contributed by atoms with Gasteiger partial charge in [-0.1, -0.05) is 0 Å². The van der Waals surface area contributed by atoms with Crippen molar-refractivity contribution >= 4 is 15.9 Å². The average molecular weight is 340 g/mol. The highest BCUT2D eigenvalue weighted by atomic mass is 32.2. The zero-order valence-electron chi connectivity index (χ0n) is 13.7. The second kappa shape index (κ2) is 6.24. The van der Waals surface area contributed by atoms with Crippen LogP contribution in [-0.2, 0) is 10.0 Å². The van der Waals surface area contributed by atoms with Gasteiger partial charge in [0.1, 0.15) is 5.69 Å². The minimum absolute atomic E-state index is 0.00887. The molecular formula is C15H24N4O3S. The van der Waals surface area contributed by atoms with E-state index in [1.54, 1.807) is 10.4 Å². The number of H-pyrrole nitrogens is 1. The zero-order valence-corrected chi connectivity index (χ0v) is 14.5. The maximum Gasteiger partial charge on any atom is 0.274 e. The van der Waals surface area contributed by atoms with E-state index in [0.29, 0.717) is 30.6 Å². The van der Waals surface area contributed by atoms with Gasteiger partial charge in [-0.15, -0.1) is 0 Å². The van der Waals surface area contributed by atoms with Crippen LogP contribution < -0.4 is 0 Å². The summed E-state index contributed by atoms with van der Waals surface area (Å²) >= 11 is 0. The average Bonchev–Trinajstić information content (AvgIpc) is 3.15. The number of nitrogens with zero attached hydrogens (tertiary/aromatic N) is 3. The van der Waals surface area contributed by atoms with Crippen LogP contribution in [0.1, 0.15) is 35.4 Å². The number of hydrogen-bond donors (Lipinski definition) is 1. The Kier molecular flexibility index (Phi) is 4.46. The molecule has 0 radical (unpaired) electrons. The molecule has 7 nitrogen and oxygen atoms in total. The van der Waals surface area contributed by atoms with Crippen molar-refractivity contribution in [2.75, 3.05) is 32.4 Å². The van der Waals surface area contributed by atoms with Crippen LogP contribution in [-0.4, -0.2) is 66.2 Å². The van der Waals surface area contributed by atoms with Gasteiger partial charge in [-0.05, 0) is 44.1 Å². The second-order valence-electron chi connectivity index (χ2n) is 6.74. The van der Waals surface area contributed by atoms with Gasteiger partial charge in [0.15, 0.2) is 0 Å². The fourth-order valence-corrected chi connectivity index (χ4v) is 4.60. The van der Waals surface area contributed by atoms with Gasteiger partial charge < -0.3 is 4.90 Å². The lowest BCUT2D eigenvalue weighted by atomic mass is 9.84. The number of aromatic nitrogens is 2. The molecule has 1 amide bonds. The number of amides is 1. The van der Waals surface area contributed by atoms with Gasteiger partial charge >= 0.3 is 0 Å². The second-order valence-corrected chi connectivity index (χ2v) is 8.72. The van der Waals surface area contributed by atoms with E-state index in [-0.39, 0.29) is 5.91 Å². The summed E-state index contributed by atoms with van der Waals surface area (Å²) in [7, 11) is -3.07. The van der Waals surface area contributed by atoms with Crippen molar-refractivity contribution in [3.63, 3.8) is 0 Å². The Hall–Kier alpha value is -1.41. The van der Waals surface area contributed by atoms with Gasteiger partial charge in [0.25, 0.3) is 5.91 Å². The first-order valence-corrected chi connectivity index (χ1v) is 9.96. The molecule has 0 aliphatic carbocycles. The van der Waals surface area contributed by atoms with Gasteiger partial charge in [-0.25, -0.2) is 12.7 Å². The van der Waals surface area contributed by atoms with Crippen LogP contribution in [0.15, 0.2) is 6.07 Å². The Bertz CT molecular complexity index is 677. The van der Waals surface area contributed by atoms with E-state index < -0.39 is 10.0 Å². The Morgan fingerprint density at radius 2 is 1.87 bits per heavy atom. The summed E-state index contributed by atoms with van der Waals surface area (Å²) in [4.78, 5) is 14.3. The Labute approximate surface area is 137 Å². The standard InChI is InChI=1S/C15H24N4O3S/c1-11-9-14(17-16-11)15(20)18-6-3-13(10-18)12-4-7-19(8-5-12)23(2,21)22/h9,12-13H,3-8,10H2,1-2H3,(H,16,17). The number of rotatable bonds is 3. The topological polar surface area (TPSA) is 86.4 Å². The quantitative estimate of drug-likeness (QED) is 0.884. The lowest BCUT2D eigenvalue weighted by Gasteiger charge is -2.33. The summed E-state index contributed by atoms with van der Waals surface area (Å²) < 4.78 is 24.7. The van der Waals surface area contributed by atoms with Gasteiger partial charge in [-0.2, -0.15) is 5.10 Å². The minimum Gasteiger partial charge on any atom is -0.337 e. The van der Waals surface area contributed by atoms with E-state index in [1.807, 2.05) is 11.8 Å². The van der Waals surface area contributed by atoms with E-state index in [2.05, 4.69) is 10.2 Å². The van der Waals surface area contributed by atoms with E-state index in [1.165, 1.54) is 6.26 Å². The highest BCUT2D eigenvalue weighted by Crippen LogP contribution is 2.32. The number of carbonyl (C=O) groups excluding carboxylic acids is 1. The summed E-state index contributed by atoms with van der Waals surface area (Å²) in [5.41, 5.74) is 1.37. The van der Waals surface area contributed by atoms with Crippen LogP contribution >= 0.6 is 0 Å². The molecule has 1 N–H and O–H groups in total. The number of nitrogens with one attached hydrogen (secondary N) is 1. The zero-order chi connectivity index (χ0) is 16.6. The molecule has 0 aromatic carbocycles. The fourth-order valence-electron chi connectivity index (χ4n) is 3.72. The van der Waals surface area contributed by atoms with E-state index in [9.17, 15) is 13.2 Å². The largest absolute Gasteiger partial charge is 0.337 e. The molecule has 2 aliphatic rings. The molecule has 0 spiro atoms. The Morgan fingerprint density at radius 1 is 1.22 bits per heavy atom. The number of likely N-dealkylation sites (tertiary alicyclic amines) is 1. The summed E-state index contributed by atoms with van der Waals surface area (Å²) in [6.45, 7) is 4.61. The first-order valence-electron chi connectivity index (χ1n) is 8.11. The number of hydrogen-bond acceptors (Lipinski definition) is 4. The van der Waals surface area contributed by atoms with Gasteiger partial charge in [0, 0.05) is 31.9 Å². The van der Waals surface area contributed by atoms with Crippen LogP contribution in [0.2, 0.25) is 0 Å². The van der Waals surface area contributed by atoms with Crippen molar-refractivity contribution in [2.24, 2.45) is 11.8 Å². The van der Waals surface area contributed by atoms with Gasteiger partial charge in [0.2, 0.25) is 10.0 Å². The van der Waals surface area contributed by atoms with Gasteiger partial charge in [-0.3, -0.25) is 9.89 Å². The SMILES string of the molecule is Cc1cc(C(=O)N2CCC(C3CCN(S(C)(=O)=O)CC3)C2)n[nH]1. The van der Waals surface area contributed by atoms with Crippen LogP contribution in [0, 0.1) is 18.8 Å². The molecule has 0 saturated carbocycles. The van der Waals surface area contributed by atoms with Crippen molar-refractivity contribution in [1.82, 2.24) is 19.4 Å². The van der Waals surface area contributed by atoms with Crippen molar-refractivity contribution < 1.29 is 13.2 Å². The van der Waals surface area contributed by atoms with Gasteiger partial charge in [0.05, 0.1) is 6.26 Å². The molecule has 1 aromatic rings. The number of piperidine rings is 1. The monoisotopic (exact) mass is 340 g/mol. The summed E-state index contributed by atoms with van der Waals surface area (Å²) in [6.07, 6.45) is 4.05. The van der Waals surface area contributed by atoms with E-state index >= 15 is 0 Å². The number of aromatic amines is 1. The highest BCUT2D eigenvalue weighted by Gasteiger charge is 2.35. The predicted octanol–water partition coefficient (Wildman–Crippen LogP) is 0.852. The molecule has 2 saturated heterocycles. The number of aryl methyl sites for hydroxylation is 1. The lowest BCUT2D eigenvalue weighted by molar-refractivity contribution is 0.0772. The van der Waals surface area contributed by atoms with Crippen LogP contribution in [0.5, 0.6) is 0 Å². The highest BCUT2D eigenvalue weighted by molar-refractivity contribution is 7.88. The molecule has 2 aliphatic heterocycles. The van der Waals surface area contributed by atoms with Crippen molar-refractivity contribution in [3.8, 4) is 0 Å². The maximum absolute atomic E-state index is 12.4. The smallest absolute Gasteiger partial charge is 0.274 e. The van der Waals surface area contributed by atoms with Crippen LogP contribution in [0.4, 0.5) is 0 Å². The summed E-state index contributed by atoms with van der Waals surface area (Å²) in [5, 5.41) is 6.85. The normalized spacial score (nSPS) is 24.3. The predicted molar refractivity (Wildman–Crippen MR) is 86.5 cm³/mol. The third-order valence-corrected chi connectivity index (χ3v) is 6.37. The molecule has 8 heteroatoms. The molecule has 1 aromatic heterocycles. The van der Waals surface area contributed by atoms with Crippen molar-refractivity contribution in [3.05, 3.63) is 17.5 Å². The van der Waals surface area contributed by atoms with Crippen LogP contribution in [0.3, 0.4) is 0 Å². The van der Waals surface area contributed by atoms with Crippen molar-refractivity contribution in [2.45, 2.75) is 26.2 Å². The fraction of sp³-hybridized carbons (Fsp3) is 0.733. The lowest BCUT2D eigenvalue weighted by Crippen LogP contribution is -2.40.